The molecule has 2 bridgehead atoms. The molecule has 1 saturated carbocycles. The molecule has 1 saturated heterocycles. The van der Waals surface area contributed by atoms with Crippen LogP contribution in [0.15, 0.2) is 6.20 Å². The van der Waals surface area contributed by atoms with Crippen molar-refractivity contribution >= 4 is 0 Å². The average Bonchev–Trinajstić information content (AvgIpc) is 2.91. The van der Waals surface area contributed by atoms with Gasteiger partial charge in [0.1, 0.15) is 0 Å². The van der Waals surface area contributed by atoms with Gasteiger partial charge in [0.2, 0.25) is 0 Å². The van der Waals surface area contributed by atoms with E-state index in [-0.39, 0.29) is 12.2 Å². The molecule has 2 heterocycles. The third-order valence-electron chi connectivity index (χ3n) is 4.42. The molecule has 4 heteroatoms. The first-order valence-corrected chi connectivity index (χ1v) is 6.52. The summed E-state index contributed by atoms with van der Waals surface area (Å²) >= 11 is 0. The maximum Gasteiger partial charge on any atom is 0.163 e. The van der Waals surface area contributed by atoms with Crippen molar-refractivity contribution in [1.82, 2.24) is 9.78 Å². The van der Waals surface area contributed by atoms with Crippen LogP contribution in [-0.4, -0.2) is 27.8 Å². The molecule has 0 radical (unpaired) electrons. The van der Waals surface area contributed by atoms with Gasteiger partial charge >= 0.3 is 0 Å². The Kier molecular flexibility index (Phi) is 1.74. The first-order chi connectivity index (χ1) is 8.11. The molecule has 4 nitrogen and oxygen atoms in total. The number of nitrogens with zero attached hydrogens (tertiary/aromatic N) is 2. The monoisotopic (exact) mass is 234 g/mol. The van der Waals surface area contributed by atoms with Crippen molar-refractivity contribution in [3.05, 3.63) is 17.5 Å². The number of rotatable bonds is 1. The largest absolute Gasteiger partial charge is 0.344 e. The number of hydrogen-bond acceptors (Lipinski definition) is 3. The fourth-order valence-electron chi connectivity index (χ4n) is 3.90. The lowest BCUT2D eigenvalue weighted by atomic mass is 9.93. The Hall–Kier alpha value is -0.870. The summed E-state index contributed by atoms with van der Waals surface area (Å²) in [6, 6.07) is 0. The van der Waals surface area contributed by atoms with Crippen LogP contribution in [0.25, 0.3) is 0 Å². The maximum absolute atomic E-state index is 6.07. The summed E-state index contributed by atoms with van der Waals surface area (Å²) < 4.78 is 14.2. The van der Waals surface area contributed by atoms with Gasteiger partial charge in [-0.2, -0.15) is 5.10 Å². The molecule has 0 amide bonds. The predicted octanol–water partition coefficient (Wildman–Crippen LogP) is 2.01. The summed E-state index contributed by atoms with van der Waals surface area (Å²) in [4.78, 5) is 0. The molecule has 1 aliphatic heterocycles. The van der Waals surface area contributed by atoms with E-state index in [0.717, 1.165) is 6.54 Å². The first kappa shape index (κ1) is 10.1. The van der Waals surface area contributed by atoms with Crippen LogP contribution in [-0.2, 0) is 16.0 Å². The summed E-state index contributed by atoms with van der Waals surface area (Å²) in [5.74, 6) is 0.575. The molecule has 0 spiro atoms. The number of hydrogen-bond donors (Lipinski definition) is 0. The van der Waals surface area contributed by atoms with E-state index >= 15 is 0 Å². The van der Waals surface area contributed by atoms with Gasteiger partial charge in [0.05, 0.1) is 18.4 Å². The summed E-state index contributed by atoms with van der Waals surface area (Å²) in [6.07, 6.45) is 3.70. The lowest BCUT2D eigenvalue weighted by Gasteiger charge is -2.22. The van der Waals surface area contributed by atoms with Crippen molar-refractivity contribution in [3.8, 4) is 0 Å². The van der Waals surface area contributed by atoms with Gasteiger partial charge in [-0.1, -0.05) is 0 Å². The molecular weight excluding hydrogens is 216 g/mol. The van der Waals surface area contributed by atoms with Crippen molar-refractivity contribution in [1.29, 1.82) is 0 Å². The molecule has 1 aromatic rings. The third kappa shape index (κ3) is 1.13. The lowest BCUT2D eigenvalue weighted by Crippen LogP contribution is -2.29. The molecule has 2 aliphatic carbocycles. The molecular formula is C13H18N2O2. The van der Waals surface area contributed by atoms with E-state index in [9.17, 15) is 0 Å². The van der Waals surface area contributed by atoms with Crippen molar-refractivity contribution < 1.29 is 9.47 Å². The smallest absolute Gasteiger partial charge is 0.163 e. The molecule has 2 fully saturated rings. The summed E-state index contributed by atoms with van der Waals surface area (Å²) in [5.41, 5.74) is 2.81. The van der Waals surface area contributed by atoms with E-state index in [0.29, 0.717) is 11.8 Å². The Bertz CT molecular complexity index is 480. The van der Waals surface area contributed by atoms with E-state index in [1.165, 1.54) is 17.7 Å². The van der Waals surface area contributed by atoms with Crippen LogP contribution in [0.1, 0.15) is 50.3 Å². The highest BCUT2D eigenvalue weighted by Gasteiger charge is 2.60. The molecule has 3 aliphatic rings. The van der Waals surface area contributed by atoms with Crippen LogP contribution in [0.4, 0.5) is 0 Å². The van der Waals surface area contributed by atoms with Crippen molar-refractivity contribution in [2.45, 2.75) is 63.6 Å². The van der Waals surface area contributed by atoms with Gasteiger partial charge < -0.3 is 9.47 Å². The minimum Gasteiger partial charge on any atom is -0.344 e. The highest BCUT2D eigenvalue weighted by Crippen LogP contribution is 2.59. The Morgan fingerprint density at radius 3 is 2.76 bits per heavy atom. The van der Waals surface area contributed by atoms with Crippen molar-refractivity contribution in [3.63, 3.8) is 0 Å². The van der Waals surface area contributed by atoms with Gasteiger partial charge in [-0.05, 0) is 32.8 Å². The summed E-state index contributed by atoms with van der Waals surface area (Å²) in [5, 5.41) is 4.47. The van der Waals surface area contributed by atoms with E-state index in [1.807, 2.05) is 20.0 Å². The number of ether oxygens (including phenoxy) is 2. The summed E-state index contributed by atoms with van der Waals surface area (Å²) in [6.45, 7) is 7.12. The van der Waals surface area contributed by atoms with Crippen LogP contribution in [0.3, 0.4) is 0 Å². The van der Waals surface area contributed by atoms with Gasteiger partial charge in [-0.25, -0.2) is 0 Å². The van der Waals surface area contributed by atoms with E-state index in [4.69, 9.17) is 9.47 Å². The highest BCUT2D eigenvalue weighted by molar-refractivity contribution is 5.40. The second-order valence-electron chi connectivity index (χ2n) is 5.81. The highest BCUT2D eigenvalue weighted by atomic mass is 16.8. The molecule has 0 aromatic carbocycles. The Labute approximate surface area is 101 Å². The third-order valence-corrected chi connectivity index (χ3v) is 4.42. The van der Waals surface area contributed by atoms with Crippen molar-refractivity contribution in [2.75, 3.05) is 0 Å². The standard InChI is InChI=1S/C13H18N2O2/c1-4-15-10-8-5-7(9(10)6-14-15)11-12(8)17-13(2,3)16-11/h6-8,11-12H,4-5H2,1-3H3/t7-,8+,11-,12+/m1/s1. The molecule has 0 unspecified atom stereocenters. The SMILES string of the molecule is CCn1ncc2c1[C@@H]1C[C@H]2[C@H]2OC(C)(C)O[C@H]21. The van der Waals surface area contributed by atoms with E-state index in [1.54, 1.807) is 0 Å². The van der Waals surface area contributed by atoms with Gasteiger partial charge in [-0.15, -0.1) is 0 Å². The topological polar surface area (TPSA) is 36.3 Å². The minimum atomic E-state index is -0.416. The Morgan fingerprint density at radius 2 is 2.06 bits per heavy atom. The second-order valence-corrected chi connectivity index (χ2v) is 5.81. The lowest BCUT2D eigenvalue weighted by molar-refractivity contribution is -0.153. The normalized spacial score (nSPS) is 40.6. The summed E-state index contributed by atoms with van der Waals surface area (Å²) in [7, 11) is 0. The average molecular weight is 234 g/mol. The Morgan fingerprint density at radius 1 is 1.35 bits per heavy atom. The zero-order valence-electron chi connectivity index (χ0n) is 10.5. The fourth-order valence-corrected chi connectivity index (χ4v) is 3.90. The quantitative estimate of drug-likeness (QED) is 0.745. The van der Waals surface area contributed by atoms with Gasteiger partial charge in [0.15, 0.2) is 5.79 Å². The molecule has 0 N–H and O–H groups in total. The number of aryl methyl sites for hydroxylation is 1. The Balaban J connectivity index is 1.78. The van der Waals surface area contributed by atoms with Crippen LogP contribution >= 0.6 is 0 Å². The molecule has 4 rings (SSSR count). The zero-order chi connectivity index (χ0) is 11.8. The van der Waals surface area contributed by atoms with Crippen LogP contribution in [0, 0.1) is 0 Å². The fraction of sp³-hybridized carbons (Fsp3) is 0.769. The molecule has 92 valence electrons. The minimum absolute atomic E-state index is 0.240. The van der Waals surface area contributed by atoms with Crippen LogP contribution < -0.4 is 0 Å². The van der Waals surface area contributed by atoms with Gasteiger partial charge in [0.25, 0.3) is 0 Å². The molecule has 4 atom stereocenters. The van der Waals surface area contributed by atoms with Crippen LogP contribution in [0.2, 0.25) is 0 Å². The first-order valence-electron chi connectivity index (χ1n) is 6.52. The van der Waals surface area contributed by atoms with E-state index < -0.39 is 5.79 Å². The predicted molar refractivity (Wildman–Crippen MR) is 61.8 cm³/mol. The molecule has 17 heavy (non-hydrogen) atoms. The van der Waals surface area contributed by atoms with Gasteiger partial charge in [-0.3, -0.25) is 4.68 Å². The van der Waals surface area contributed by atoms with Crippen LogP contribution in [0.5, 0.6) is 0 Å². The molecule has 1 aromatic heterocycles. The van der Waals surface area contributed by atoms with E-state index in [2.05, 4.69) is 16.7 Å². The number of fused-ring (bicyclic) bond motifs is 8. The van der Waals surface area contributed by atoms with Gasteiger partial charge in [0, 0.05) is 24.1 Å². The maximum atomic E-state index is 6.07. The van der Waals surface area contributed by atoms with Crippen molar-refractivity contribution in [2.24, 2.45) is 0 Å². The number of aromatic nitrogens is 2. The second kappa shape index (κ2) is 2.93. The zero-order valence-corrected chi connectivity index (χ0v) is 10.5.